The Morgan fingerprint density at radius 1 is 1.29 bits per heavy atom. The Morgan fingerprint density at radius 2 is 2.18 bits per heavy atom. The summed E-state index contributed by atoms with van der Waals surface area (Å²) in [6.07, 6.45) is 6.69. The number of aromatic amines is 1. The summed E-state index contributed by atoms with van der Waals surface area (Å²) >= 11 is 0. The van der Waals surface area contributed by atoms with Crippen molar-refractivity contribution in [3.63, 3.8) is 0 Å². The molecule has 2 rings (SSSR count). The normalized spacial score (nSPS) is 10.4. The van der Waals surface area contributed by atoms with Gasteiger partial charge in [-0.25, -0.2) is 4.57 Å². The van der Waals surface area contributed by atoms with Gasteiger partial charge < -0.3 is 16.2 Å². The molecule has 1 heterocycles. The fourth-order valence-electron chi connectivity index (χ4n) is 1.56. The number of H-pyrrole nitrogens is 1. The van der Waals surface area contributed by atoms with Gasteiger partial charge in [0, 0.05) is 18.2 Å². The highest BCUT2D eigenvalue weighted by Crippen LogP contribution is 2.23. The SMILES string of the molecule is Nc1ccc(N)c(OCCC[n+]2cc[nH]c2)c1. The number of benzene rings is 1. The molecular weight excluding hydrogens is 216 g/mol. The predicted octanol–water partition coefficient (Wildman–Crippen LogP) is 0.936. The molecule has 5 heteroatoms. The molecule has 0 fully saturated rings. The van der Waals surface area contributed by atoms with Crippen LogP contribution in [-0.4, -0.2) is 11.6 Å². The van der Waals surface area contributed by atoms with Gasteiger partial charge in [0.1, 0.15) is 18.1 Å². The maximum Gasteiger partial charge on any atom is 0.241 e. The maximum atomic E-state index is 5.78. The van der Waals surface area contributed by atoms with Crippen LogP contribution in [0.15, 0.2) is 36.9 Å². The molecule has 0 amide bonds. The zero-order valence-corrected chi connectivity index (χ0v) is 9.60. The van der Waals surface area contributed by atoms with Crippen LogP contribution in [0, 0.1) is 0 Å². The molecule has 5 nitrogen and oxygen atoms in total. The van der Waals surface area contributed by atoms with Crippen molar-refractivity contribution >= 4 is 11.4 Å². The summed E-state index contributed by atoms with van der Waals surface area (Å²) in [5.74, 6) is 0.657. The number of hydrogen-bond donors (Lipinski definition) is 3. The molecule has 17 heavy (non-hydrogen) atoms. The minimum absolute atomic E-state index is 0.617. The lowest BCUT2D eigenvalue weighted by Crippen LogP contribution is -2.31. The largest absolute Gasteiger partial charge is 0.491 e. The number of imidazole rings is 1. The van der Waals surface area contributed by atoms with Crippen molar-refractivity contribution < 1.29 is 9.30 Å². The van der Waals surface area contributed by atoms with Crippen LogP contribution >= 0.6 is 0 Å². The van der Waals surface area contributed by atoms with E-state index in [-0.39, 0.29) is 0 Å². The topological polar surface area (TPSA) is 80.9 Å². The number of aryl methyl sites for hydroxylation is 1. The van der Waals surface area contributed by atoms with Crippen LogP contribution in [0.25, 0.3) is 0 Å². The van der Waals surface area contributed by atoms with Crippen molar-refractivity contribution in [2.24, 2.45) is 0 Å². The van der Waals surface area contributed by atoms with Crippen LogP contribution in [0.2, 0.25) is 0 Å². The van der Waals surface area contributed by atoms with E-state index in [9.17, 15) is 0 Å². The van der Waals surface area contributed by atoms with Crippen molar-refractivity contribution in [3.8, 4) is 5.75 Å². The second-order valence-corrected chi connectivity index (χ2v) is 3.85. The molecule has 1 aromatic carbocycles. The van der Waals surface area contributed by atoms with Gasteiger partial charge in [-0.1, -0.05) is 0 Å². The lowest BCUT2D eigenvalue weighted by atomic mass is 10.2. The molecule has 0 saturated heterocycles. The number of anilines is 2. The van der Waals surface area contributed by atoms with Crippen LogP contribution in [0.4, 0.5) is 11.4 Å². The Labute approximate surface area is 100 Å². The van der Waals surface area contributed by atoms with Crippen molar-refractivity contribution in [2.75, 3.05) is 18.1 Å². The molecule has 0 aliphatic rings. The van der Waals surface area contributed by atoms with E-state index < -0.39 is 0 Å². The Balaban J connectivity index is 1.80. The molecule has 0 atom stereocenters. The summed E-state index contributed by atoms with van der Waals surface area (Å²) in [5.41, 5.74) is 12.7. The zero-order valence-electron chi connectivity index (χ0n) is 9.60. The van der Waals surface area contributed by atoms with Gasteiger partial charge >= 0.3 is 0 Å². The molecule has 0 saturated carbocycles. The number of nitrogens with one attached hydrogen (secondary N) is 1. The van der Waals surface area contributed by atoms with E-state index >= 15 is 0 Å². The van der Waals surface area contributed by atoms with E-state index in [1.54, 1.807) is 18.2 Å². The number of ether oxygens (including phenoxy) is 1. The van der Waals surface area contributed by atoms with Crippen LogP contribution in [0.1, 0.15) is 6.42 Å². The lowest BCUT2D eigenvalue weighted by molar-refractivity contribution is -0.696. The number of nitrogens with zero attached hydrogens (tertiary/aromatic N) is 1. The first-order chi connectivity index (χ1) is 8.25. The average molecular weight is 233 g/mol. The van der Waals surface area contributed by atoms with Gasteiger partial charge in [-0.3, -0.25) is 4.98 Å². The standard InChI is InChI=1S/C12H16N4O/c13-10-2-3-11(14)12(8-10)17-7-1-5-16-6-4-15-9-16/h2-4,6,8-9H,1,5,7,13-14H2/p+1. The van der Waals surface area contributed by atoms with Crippen molar-refractivity contribution in [2.45, 2.75) is 13.0 Å². The third-order valence-corrected chi connectivity index (χ3v) is 2.46. The van der Waals surface area contributed by atoms with E-state index in [1.807, 2.05) is 18.7 Å². The minimum Gasteiger partial charge on any atom is -0.491 e. The molecular formula is C12H17N4O+. The molecule has 0 aliphatic heterocycles. The number of nitrogen functional groups attached to an aromatic ring is 2. The molecule has 0 unspecified atom stereocenters. The van der Waals surface area contributed by atoms with E-state index in [0.717, 1.165) is 13.0 Å². The fraction of sp³-hybridized carbons (Fsp3) is 0.250. The van der Waals surface area contributed by atoms with Gasteiger partial charge in [0.25, 0.3) is 0 Å². The molecule has 0 bridgehead atoms. The van der Waals surface area contributed by atoms with E-state index in [2.05, 4.69) is 9.55 Å². The molecule has 1 aromatic heterocycles. The summed E-state index contributed by atoms with van der Waals surface area (Å²) in [4.78, 5) is 2.99. The maximum absolute atomic E-state index is 5.78. The van der Waals surface area contributed by atoms with E-state index in [4.69, 9.17) is 16.2 Å². The third kappa shape index (κ3) is 3.14. The summed E-state index contributed by atoms with van der Waals surface area (Å²) < 4.78 is 7.65. The van der Waals surface area contributed by atoms with Crippen LogP contribution in [0.3, 0.4) is 0 Å². The van der Waals surface area contributed by atoms with Gasteiger partial charge in [-0.15, -0.1) is 0 Å². The van der Waals surface area contributed by atoms with Crippen molar-refractivity contribution in [1.82, 2.24) is 4.98 Å². The predicted molar refractivity (Wildman–Crippen MR) is 66.4 cm³/mol. The summed E-state index contributed by atoms with van der Waals surface area (Å²) in [5, 5.41) is 0. The molecule has 90 valence electrons. The quantitative estimate of drug-likeness (QED) is 0.408. The van der Waals surface area contributed by atoms with E-state index in [1.165, 1.54) is 0 Å². The first-order valence-corrected chi connectivity index (χ1v) is 5.55. The molecule has 5 N–H and O–H groups in total. The van der Waals surface area contributed by atoms with Crippen LogP contribution in [0.5, 0.6) is 5.75 Å². The smallest absolute Gasteiger partial charge is 0.241 e. The summed E-state index contributed by atoms with van der Waals surface area (Å²) in [6, 6.07) is 5.27. The Kier molecular flexibility index (Phi) is 3.49. The highest BCUT2D eigenvalue weighted by atomic mass is 16.5. The molecule has 0 radical (unpaired) electrons. The zero-order chi connectivity index (χ0) is 12.1. The second kappa shape index (κ2) is 5.25. The summed E-state index contributed by atoms with van der Waals surface area (Å²) in [7, 11) is 0. The number of aromatic nitrogens is 2. The van der Waals surface area contributed by atoms with Gasteiger partial charge in [0.2, 0.25) is 6.33 Å². The van der Waals surface area contributed by atoms with Crippen LogP contribution < -0.4 is 20.8 Å². The highest BCUT2D eigenvalue weighted by molar-refractivity contribution is 5.59. The lowest BCUT2D eigenvalue weighted by Gasteiger charge is -2.08. The summed E-state index contributed by atoms with van der Waals surface area (Å²) in [6.45, 7) is 1.53. The first-order valence-electron chi connectivity index (χ1n) is 5.55. The van der Waals surface area contributed by atoms with E-state index in [0.29, 0.717) is 23.7 Å². The van der Waals surface area contributed by atoms with Crippen LogP contribution in [-0.2, 0) is 6.54 Å². The van der Waals surface area contributed by atoms with Crippen molar-refractivity contribution in [3.05, 3.63) is 36.9 Å². The Bertz CT molecular complexity index is 467. The van der Waals surface area contributed by atoms with Gasteiger partial charge in [0.05, 0.1) is 18.8 Å². The third-order valence-electron chi connectivity index (χ3n) is 2.46. The molecule has 2 aromatic rings. The fourth-order valence-corrected chi connectivity index (χ4v) is 1.56. The Morgan fingerprint density at radius 3 is 2.94 bits per heavy atom. The first kappa shape index (κ1) is 11.3. The average Bonchev–Trinajstić information content (AvgIpc) is 2.82. The monoisotopic (exact) mass is 233 g/mol. The van der Waals surface area contributed by atoms with Crippen molar-refractivity contribution in [1.29, 1.82) is 0 Å². The second-order valence-electron chi connectivity index (χ2n) is 3.85. The minimum atomic E-state index is 0.617. The van der Waals surface area contributed by atoms with Gasteiger partial charge in [-0.05, 0) is 12.1 Å². The number of nitrogens with two attached hydrogens (primary N) is 2. The number of hydrogen-bond acceptors (Lipinski definition) is 3. The van der Waals surface area contributed by atoms with Gasteiger partial charge in [-0.2, -0.15) is 0 Å². The molecule has 0 aliphatic carbocycles. The Hall–Kier alpha value is -2.17. The number of rotatable bonds is 5. The highest BCUT2D eigenvalue weighted by Gasteiger charge is 2.02. The molecule has 0 spiro atoms. The van der Waals surface area contributed by atoms with Gasteiger partial charge in [0.15, 0.2) is 0 Å².